The Kier molecular flexibility index (Phi) is 8.33. The van der Waals surface area contributed by atoms with E-state index in [1.54, 1.807) is 6.20 Å². The topological polar surface area (TPSA) is 72.7 Å². The molecule has 7 heteroatoms. The van der Waals surface area contributed by atoms with E-state index in [2.05, 4.69) is 51.9 Å². The van der Waals surface area contributed by atoms with Crippen LogP contribution in [0.2, 0.25) is 0 Å². The number of nitrogens with one attached hydrogen (secondary N) is 2. The summed E-state index contributed by atoms with van der Waals surface area (Å²) >= 11 is 0. The molecule has 1 fully saturated rings. The fraction of sp³-hybridized carbons (Fsp3) is 0.524. The van der Waals surface area contributed by atoms with Crippen molar-refractivity contribution >= 4 is 5.96 Å². The summed E-state index contributed by atoms with van der Waals surface area (Å²) in [6, 6.07) is 10.2. The van der Waals surface area contributed by atoms with Crippen molar-refractivity contribution in [3.8, 4) is 5.69 Å². The third kappa shape index (κ3) is 6.65. The Labute approximate surface area is 167 Å². The third-order valence-electron chi connectivity index (χ3n) is 4.60. The van der Waals surface area contributed by atoms with Crippen molar-refractivity contribution in [2.75, 3.05) is 39.5 Å². The zero-order valence-corrected chi connectivity index (χ0v) is 16.6. The second-order valence-electron chi connectivity index (χ2n) is 6.90. The number of guanidine groups is 1. The first-order valence-corrected chi connectivity index (χ1v) is 10.1. The minimum atomic E-state index is 0.575. The normalized spacial score (nSPS) is 17.0. The zero-order valence-electron chi connectivity index (χ0n) is 16.6. The van der Waals surface area contributed by atoms with Crippen LogP contribution in [0.1, 0.15) is 25.3 Å². The van der Waals surface area contributed by atoms with Gasteiger partial charge in [0.1, 0.15) is 0 Å². The van der Waals surface area contributed by atoms with Gasteiger partial charge in [-0.05, 0) is 43.5 Å². The molecule has 1 saturated heterocycles. The minimum Gasteiger partial charge on any atom is -0.381 e. The molecule has 1 aliphatic heterocycles. The maximum Gasteiger partial charge on any atom is 0.191 e. The smallest absolute Gasteiger partial charge is 0.191 e. The van der Waals surface area contributed by atoms with Gasteiger partial charge in [0.2, 0.25) is 0 Å². The lowest BCUT2D eigenvalue weighted by atomic mass is 10.1. The molecule has 0 amide bonds. The Morgan fingerprint density at radius 1 is 1.32 bits per heavy atom. The molecule has 1 atom stereocenters. The number of nitrogens with zero attached hydrogens (tertiary/aromatic N) is 3. The molecule has 2 heterocycles. The van der Waals surface area contributed by atoms with Crippen molar-refractivity contribution in [2.24, 2.45) is 10.9 Å². The van der Waals surface area contributed by atoms with Gasteiger partial charge in [0.25, 0.3) is 0 Å². The number of aromatic nitrogens is 2. The highest BCUT2D eigenvalue weighted by atomic mass is 16.5. The predicted molar refractivity (Wildman–Crippen MR) is 111 cm³/mol. The van der Waals surface area contributed by atoms with Crippen molar-refractivity contribution in [1.82, 2.24) is 20.4 Å². The van der Waals surface area contributed by atoms with Gasteiger partial charge in [-0.1, -0.05) is 12.1 Å². The van der Waals surface area contributed by atoms with Crippen molar-refractivity contribution in [3.05, 3.63) is 48.3 Å². The first-order chi connectivity index (χ1) is 13.8. The van der Waals surface area contributed by atoms with Gasteiger partial charge in [-0.3, -0.25) is 0 Å². The van der Waals surface area contributed by atoms with Gasteiger partial charge in [-0.15, -0.1) is 0 Å². The van der Waals surface area contributed by atoms with Gasteiger partial charge in [-0.25, -0.2) is 9.67 Å². The summed E-state index contributed by atoms with van der Waals surface area (Å²) in [4.78, 5) is 4.67. The number of benzene rings is 1. The molecule has 1 aliphatic rings. The van der Waals surface area contributed by atoms with Gasteiger partial charge in [0.15, 0.2) is 5.96 Å². The number of ether oxygens (including phenoxy) is 2. The summed E-state index contributed by atoms with van der Waals surface area (Å²) in [6.07, 6.45) is 5.79. The Bertz CT molecular complexity index is 694. The monoisotopic (exact) mass is 385 g/mol. The number of hydrogen-bond donors (Lipinski definition) is 2. The second-order valence-corrected chi connectivity index (χ2v) is 6.90. The van der Waals surface area contributed by atoms with E-state index in [-0.39, 0.29) is 0 Å². The molecule has 1 aromatic carbocycles. The van der Waals surface area contributed by atoms with Crippen LogP contribution in [-0.2, 0) is 16.0 Å². The highest BCUT2D eigenvalue weighted by Gasteiger charge is 2.15. The van der Waals surface area contributed by atoms with Gasteiger partial charge < -0.3 is 20.1 Å². The summed E-state index contributed by atoms with van der Waals surface area (Å²) in [5, 5.41) is 10.9. The second kappa shape index (κ2) is 11.5. The molecule has 0 radical (unpaired) electrons. The Balaban J connectivity index is 1.38. The molecule has 152 valence electrons. The van der Waals surface area contributed by atoms with Gasteiger partial charge >= 0.3 is 0 Å². The van der Waals surface area contributed by atoms with Gasteiger partial charge in [-0.2, -0.15) is 5.10 Å². The van der Waals surface area contributed by atoms with E-state index in [0.29, 0.717) is 12.5 Å². The van der Waals surface area contributed by atoms with E-state index >= 15 is 0 Å². The highest BCUT2D eigenvalue weighted by Crippen LogP contribution is 2.12. The summed E-state index contributed by atoms with van der Waals surface area (Å²) in [5.74, 6) is 1.41. The summed E-state index contributed by atoms with van der Waals surface area (Å²) < 4.78 is 13.0. The van der Waals surface area contributed by atoms with Crippen LogP contribution < -0.4 is 10.6 Å². The molecule has 0 aliphatic carbocycles. The number of rotatable bonds is 10. The van der Waals surface area contributed by atoms with Crippen LogP contribution in [0.15, 0.2) is 47.7 Å². The minimum absolute atomic E-state index is 0.575. The Hall–Kier alpha value is -2.38. The van der Waals surface area contributed by atoms with E-state index in [1.165, 1.54) is 0 Å². The first-order valence-electron chi connectivity index (χ1n) is 10.1. The lowest BCUT2D eigenvalue weighted by molar-refractivity contribution is 0.0888. The lowest BCUT2D eigenvalue weighted by Gasteiger charge is -2.12. The van der Waals surface area contributed by atoms with Crippen molar-refractivity contribution in [3.63, 3.8) is 0 Å². The van der Waals surface area contributed by atoms with Crippen LogP contribution in [0, 0.1) is 5.92 Å². The average molecular weight is 386 g/mol. The molecule has 0 bridgehead atoms. The zero-order chi connectivity index (χ0) is 19.4. The number of aliphatic imine (C=N–C) groups is 1. The van der Waals surface area contributed by atoms with Crippen LogP contribution in [0.5, 0.6) is 0 Å². The largest absolute Gasteiger partial charge is 0.381 e. The Morgan fingerprint density at radius 3 is 2.93 bits per heavy atom. The van der Waals surface area contributed by atoms with Crippen LogP contribution in [0.25, 0.3) is 5.69 Å². The van der Waals surface area contributed by atoms with Crippen molar-refractivity contribution < 1.29 is 9.47 Å². The standard InChI is InChI=1S/C21H31N5O2/c1-2-22-21(23-10-4-13-27-16-19-9-14-28-17-19)24-15-18-5-7-20(8-6-18)26-12-3-11-25-26/h3,5-8,11-12,19H,2,4,9-10,13-17H2,1H3,(H2,22,23,24). The van der Waals surface area contributed by atoms with Crippen LogP contribution >= 0.6 is 0 Å². The molecule has 1 aromatic heterocycles. The van der Waals surface area contributed by atoms with Crippen LogP contribution in [0.4, 0.5) is 0 Å². The maximum absolute atomic E-state index is 5.74. The van der Waals surface area contributed by atoms with Crippen LogP contribution in [0.3, 0.4) is 0 Å². The summed E-state index contributed by atoms with van der Waals surface area (Å²) in [7, 11) is 0. The van der Waals surface area contributed by atoms with Gasteiger partial charge in [0.05, 0.1) is 25.4 Å². The fourth-order valence-electron chi connectivity index (χ4n) is 3.03. The van der Waals surface area contributed by atoms with E-state index in [9.17, 15) is 0 Å². The third-order valence-corrected chi connectivity index (χ3v) is 4.60. The van der Waals surface area contributed by atoms with Crippen molar-refractivity contribution in [2.45, 2.75) is 26.3 Å². The molecule has 28 heavy (non-hydrogen) atoms. The molecule has 3 rings (SSSR count). The number of hydrogen-bond acceptors (Lipinski definition) is 4. The van der Waals surface area contributed by atoms with E-state index in [4.69, 9.17) is 9.47 Å². The molecule has 0 saturated carbocycles. The van der Waals surface area contributed by atoms with E-state index < -0.39 is 0 Å². The molecule has 0 spiro atoms. The molecular formula is C21H31N5O2. The quantitative estimate of drug-likeness (QED) is 0.373. The first kappa shape index (κ1) is 20.4. The summed E-state index contributed by atoms with van der Waals surface area (Å²) in [6.45, 7) is 7.67. The Morgan fingerprint density at radius 2 is 2.21 bits per heavy atom. The molecule has 1 unspecified atom stereocenters. The molecule has 2 N–H and O–H groups in total. The lowest BCUT2D eigenvalue weighted by Crippen LogP contribution is -2.38. The highest BCUT2D eigenvalue weighted by molar-refractivity contribution is 5.79. The predicted octanol–water partition coefficient (Wildman–Crippen LogP) is 2.37. The van der Waals surface area contributed by atoms with Crippen molar-refractivity contribution in [1.29, 1.82) is 0 Å². The maximum atomic E-state index is 5.74. The van der Waals surface area contributed by atoms with Crippen LogP contribution in [-0.4, -0.2) is 55.3 Å². The van der Waals surface area contributed by atoms with E-state index in [1.807, 2.05) is 16.9 Å². The molecule has 7 nitrogen and oxygen atoms in total. The summed E-state index contributed by atoms with van der Waals surface area (Å²) in [5.41, 5.74) is 2.21. The fourth-order valence-corrected chi connectivity index (χ4v) is 3.03. The average Bonchev–Trinajstić information content (AvgIpc) is 3.43. The molecular weight excluding hydrogens is 354 g/mol. The van der Waals surface area contributed by atoms with Gasteiger partial charge in [0, 0.05) is 44.6 Å². The SMILES string of the molecule is CCNC(=NCc1ccc(-n2cccn2)cc1)NCCCOCC1CCOC1. The van der Waals surface area contributed by atoms with E-state index in [0.717, 1.165) is 69.6 Å². The molecule has 2 aromatic rings.